The molecule has 0 aliphatic heterocycles. The first-order valence-electron chi connectivity index (χ1n) is 7.08. The summed E-state index contributed by atoms with van der Waals surface area (Å²) in [7, 11) is -3.65. The molecule has 0 fully saturated rings. The largest absolute Gasteiger partial charge is 0.392 e. The van der Waals surface area contributed by atoms with Crippen LogP contribution in [0.15, 0.2) is 40.7 Å². The van der Waals surface area contributed by atoms with E-state index in [1.807, 2.05) is 37.3 Å². The Morgan fingerprint density at radius 2 is 2.00 bits per heavy atom. The van der Waals surface area contributed by atoms with Crippen LogP contribution in [-0.2, 0) is 16.6 Å². The summed E-state index contributed by atoms with van der Waals surface area (Å²) in [4.78, 5) is 4.02. The molecule has 5 nitrogen and oxygen atoms in total. The topological polar surface area (TPSA) is 70.5 Å². The third-order valence-electron chi connectivity index (χ3n) is 3.28. The normalized spacial score (nSPS) is 13.5. The van der Waals surface area contributed by atoms with E-state index < -0.39 is 16.1 Å². The van der Waals surface area contributed by atoms with Crippen LogP contribution in [0.25, 0.3) is 0 Å². The first kappa shape index (κ1) is 17.1. The molecule has 1 heterocycles. The molecule has 0 bridgehead atoms. The molecule has 0 aliphatic carbocycles. The highest BCUT2D eigenvalue weighted by molar-refractivity contribution is 7.91. The van der Waals surface area contributed by atoms with Gasteiger partial charge in [0, 0.05) is 13.1 Å². The summed E-state index contributed by atoms with van der Waals surface area (Å²) in [6.07, 6.45) is 1.20. The lowest BCUT2D eigenvalue weighted by Gasteiger charge is -2.23. The lowest BCUT2D eigenvalue weighted by Crippen LogP contribution is -2.36. The summed E-state index contributed by atoms with van der Waals surface area (Å²) < 4.78 is 27.1. The lowest BCUT2D eigenvalue weighted by atomic mass is 10.2. The molecule has 1 atom stereocenters. The number of hydrogen-bond donors (Lipinski definition) is 1. The predicted molar refractivity (Wildman–Crippen MR) is 87.2 cm³/mol. The van der Waals surface area contributed by atoms with Crippen LogP contribution in [0.4, 0.5) is 0 Å². The molecule has 1 aromatic carbocycles. The summed E-state index contributed by atoms with van der Waals surface area (Å²) in [5, 5.41) is 10.6. The maximum atomic E-state index is 12.8. The summed E-state index contributed by atoms with van der Waals surface area (Å²) in [5.74, 6) is 0. The molecule has 0 saturated carbocycles. The van der Waals surface area contributed by atoms with E-state index in [1.165, 1.54) is 10.5 Å². The van der Waals surface area contributed by atoms with Gasteiger partial charge in [-0.15, -0.1) is 11.3 Å². The fourth-order valence-corrected chi connectivity index (χ4v) is 4.72. The first-order chi connectivity index (χ1) is 10.4. The molecule has 0 radical (unpaired) electrons. The Balaban J connectivity index is 2.31. The molecule has 120 valence electrons. The third-order valence-corrected chi connectivity index (χ3v) is 6.44. The van der Waals surface area contributed by atoms with Crippen LogP contribution < -0.4 is 0 Å². The van der Waals surface area contributed by atoms with Gasteiger partial charge in [0.05, 0.1) is 17.3 Å². The zero-order chi connectivity index (χ0) is 16.2. The van der Waals surface area contributed by atoms with Crippen molar-refractivity contribution in [1.82, 2.24) is 9.29 Å². The van der Waals surface area contributed by atoms with Gasteiger partial charge in [0.25, 0.3) is 10.0 Å². The van der Waals surface area contributed by atoms with Gasteiger partial charge in [-0.2, -0.15) is 4.31 Å². The highest BCUT2D eigenvalue weighted by Crippen LogP contribution is 2.24. The Labute approximate surface area is 135 Å². The second-order valence-corrected chi connectivity index (χ2v) is 8.44. The molecule has 1 unspecified atom stereocenters. The maximum Gasteiger partial charge on any atom is 0.254 e. The van der Waals surface area contributed by atoms with Gasteiger partial charge in [-0.05, 0) is 18.9 Å². The molecular weight excluding hydrogens is 320 g/mol. The van der Waals surface area contributed by atoms with Crippen LogP contribution in [0.3, 0.4) is 0 Å². The van der Waals surface area contributed by atoms with Crippen molar-refractivity contribution in [2.24, 2.45) is 0 Å². The zero-order valence-electron chi connectivity index (χ0n) is 12.6. The van der Waals surface area contributed by atoms with Gasteiger partial charge in [-0.1, -0.05) is 37.3 Å². The minimum Gasteiger partial charge on any atom is -0.392 e. The summed E-state index contributed by atoms with van der Waals surface area (Å²) in [6.45, 7) is 3.91. The van der Waals surface area contributed by atoms with E-state index in [0.717, 1.165) is 16.9 Å². The van der Waals surface area contributed by atoms with Gasteiger partial charge in [0.2, 0.25) is 0 Å². The van der Waals surface area contributed by atoms with E-state index in [2.05, 4.69) is 4.98 Å². The lowest BCUT2D eigenvalue weighted by molar-refractivity contribution is 0.140. The van der Waals surface area contributed by atoms with Crippen molar-refractivity contribution in [3.63, 3.8) is 0 Å². The van der Waals surface area contributed by atoms with Crippen LogP contribution in [0.1, 0.15) is 23.9 Å². The average molecular weight is 340 g/mol. The van der Waals surface area contributed by atoms with Crippen LogP contribution in [-0.4, -0.2) is 35.5 Å². The van der Waals surface area contributed by atoms with Crippen molar-refractivity contribution in [3.8, 4) is 0 Å². The number of benzene rings is 1. The quantitative estimate of drug-likeness (QED) is 0.840. The second-order valence-electron chi connectivity index (χ2n) is 5.04. The predicted octanol–water partition coefficient (Wildman–Crippen LogP) is 2.41. The minimum atomic E-state index is -3.65. The number of sulfonamides is 1. The standard InChI is InChI=1S/C15H20N2O3S2/c1-3-14(18)11-17(10-13-7-5-4-6-8-13)22(19,20)15-9-16-12(2)21-15/h4-9,14,18H,3,10-11H2,1-2H3. The van der Waals surface area contributed by atoms with Gasteiger partial charge in [-0.25, -0.2) is 13.4 Å². The van der Waals surface area contributed by atoms with Crippen LogP contribution >= 0.6 is 11.3 Å². The average Bonchev–Trinajstić information content (AvgIpc) is 2.95. The molecular formula is C15H20N2O3S2. The second kappa shape index (κ2) is 7.32. The number of aliphatic hydroxyl groups is 1. The molecule has 0 spiro atoms. The number of aromatic nitrogens is 1. The highest BCUT2D eigenvalue weighted by atomic mass is 32.2. The molecule has 2 aromatic rings. The number of rotatable bonds is 7. The van der Waals surface area contributed by atoms with E-state index in [9.17, 15) is 13.5 Å². The van der Waals surface area contributed by atoms with E-state index in [-0.39, 0.29) is 17.3 Å². The molecule has 0 aliphatic rings. The van der Waals surface area contributed by atoms with Crippen molar-refractivity contribution in [1.29, 1.82) is 0 Å². The van der Waals surface area contributed by atoms with Gasteiger partial charge < -0.3 is 5.11 Å². The zero-order valence-corrected chi connectivity index (χ0v) is 14.3. The van der Waals surface area contributed by atoms with Crippen LogP contribution in [0.2, 0.25) is 0 Å². The summed E-state index contributed by atoms with van der Waals surface area (Å²) >= 11 is 1.15. The number of nitrogens with zero attached hydrogens (tertiary/aromatic N) is 2. The molecule has 2 rings (SSSR count). The third kappa shape index (κ3) is 4.13. The number of aliphatic hydroxyl groups excluding tert-OH is 1. The smallest absolute Gasteiger partial charge is 0.254 e. The van der Waals surface area contributed by atoms with Crippen molar-refractivity contribution in [2.45, 2.75) is 37.1 Å². The fourth-order valence-electron chi connectivity index (χ4n) is 1.99. The van der Waals surface area contributed by atoms with Crippen molar-refractivity contribution in [3.05, 3.63) is 47.1 Å². The van der Waals surface area contributed by atoms with E-state index >= 15 is 0 Å². The van der Waals surface area contributed by atoms with Crippen molar-refractivity contribution in [2.75, 3.05) is 6.54 Å². The summed E-state index contributed by atoms with van der Waals surface area (Å²) in [6, 6.07) is 9.37. The molecule has 7 heteroatoms. The number of hydrogen-bond acceptors (Lipinski definition) is 5. The van der Waals surface area contributed by atoms with Gasteiger partial charge in [0.15, 0.2) is 4.21 Å². The Bertz CT molecular complexity index is 699. The van der Waals surface area contributed by atoms with Crippen LogP contribution in [0.5, 0.6) is 0 Å². The van der Waals surface area contributed by atoms with E-state index in [1.54, 1.807) is 6.92 Å². The maximum absolute atomic E-state index is 12.8. The molecule has 1 aromatic heterocycles. The van der Waals surface area contributed by atoms with Gasteiger partial charge in [-0.3, -0.25) is 0 Å². The Morgan fingerprint density at radius 1 is 1.32 bits per heavy atom. The molecule has 1 N–H and O–H groups in total. The molecule has 0 saturated heterocycles. The Morgan fingerprint density at radius 3 is 2.55 bits per heavy atom. The highest BCUT2D eigenvalue weighted by Gasteiger charge is 2.28. The first-order valence-corrected chi connectivity index (χ1v) is 9.33. The monoisotopic (exact) mass is 340 g/mol. The molecule has 22 heavy (non-hydrogen) atoms. The van der Waals surface area contributed by atoms with Gasteiger partial charge in [0.1, 0.15) is 0 Å². The van der Waals surface area contributed by atoms with E-state index in [4.69, 9.17) is 0 Å². The number of thiazole rings is 1. The SMILES string of the molecule is CCC(O)CN(Cc1ccccc1)S(=O)(=O)c1cnc(C)s1. The van der Waals surface area contributed by atoms with Crippen LogP contribution in [0, 0.1) is 6.92 Å². The Hall–Kier alpha value is -1.28. The number of aryl methyl sites for hydroxylation is 1. The summed E-state index contributed by atoms with van der Waals surface area (Å²) in [5.41, 5.74) is 0.885. The van der Waals surface area contributed by atoms with Gasteiger partial charge >= 0.3 is 0 Å². The minimum absolute atomic E-state index is 0.0741. The molecule has 0 amide bonds. The fraction of sp³-hybridized carbons (Fsp3) is 0.400. The van der Waals surface area contributed by atoms with Crippen molar-refractivity contribution < 1.29 is 13.5 Å². The Kier molecular flexibility index (Phi) is 5.69. The van der Waals surface area contributed by atoms with Crippen molar-refractivity contribution >= 4 is 21.4 Å². The van der Waals surface area contributed by atoms with E-state index in [0.29, 0.717) is 11.4 Å².